The van der Waals surface area contributed by atoms with E-state index in [1.807, 2.05) is 0 Å². The third kappa shape index (κ3) is 2.63. The van der Waals surface area contributed by atoms with E-state index in [2.05, 4.69) is 15.9 Å². The first-order valence-corrected chi connectivity index (χ1v) is 4.57. The molecule has 0 unspecified atom stereocenters. The highest BCUT2D eigenvalue weighted by Gasteiger charge is 2.03. The molecule has 0 aliphatic carbocycles. The second-order valence-corrected chi connectivity index (χ2v) is 3.32. The monoisotopic (exact) mass is 249 g/mol. The number of rotatable bonds is 3. The molecule has 0 radical (unpaired) electrons. The molecule has 0 aromatic carbocycles. The summed E-state index contributed by atoms with van der Waals surface area (Å²) >= 11 is 3.08. The van der Waals surface area contributed by atoms with Crippen molar-refractivity contribution in [2.75, 3.05) is 6.61 Å². The molecule has 3 nitrogen and oxygen atoms in total. The van der Waals surface area contributed by atoms with Crippen molar-refractivity contribution in [3.05, 3.63) is 32.9 Å². The minimum atomic E-state index is -0.783. The normalized spacial score (nSPS) is 10.4. The summed E-state index contributed by atoms with van der Waals surface area (Å²) in [6, 6.07) is 1.13. The Morgan fingerprint density at radius 2 is 2.38 bits per heavy atom. The molecule has 72 valence electrons. The first kappa shape index (κ1) is 10.4. The Morgan fingerprint density at radius 3 is 3.00 bits per heavy atom. The van der Waals surface area contributed by atoms with Gasteiger partial charge < -0.3 is 4.74 Å². The second-order valence-electron chi connectivity index (χ2n) is 2.40. The predicted molar refractivity (Wildman–Crippen MR) is 50.0 cm³/mol. The van der Waals surface area contributed by atoms with Crippen LogP contribution in [0.2, 0.25) is 0 Å². The molecule has 0 atom stereocenters. The van der Waals surface area contributed by atoms with E-state index < -0.39 is 11.4 Å². The van der Waals surface area contributed by atoms with Crippen molar-refractivity contribution in [3.8, 4) is 0 Å². The highest BCUT2D eigenvalue weighted by molar-refractivity contribution is 9.10. The first-order valence-electron chi connectivity index (χ1n) is 3.78. The van der Waals surface area contributed by atoms with Crippen LogP contribution in [0.4, 0.5) is 4.39 Å². The number of ether oxygens (including phenoxy) is 1. The van der Waals surface area contributed by atoms with Crippen LogP contribution < -0.4 is 5.56 Å². The minimum Gasteiger partial charge on any atom is -0.361 e. The van der Waals surface area contributed by atoms with Crippen LogP contribution in [0.5, 0.6) is 0 Å². The molecular weight excluding hydrogens is 241 g/mol. The molecule has 0 spiro atoms. The van der Waals surface area contributed by atoms with Gasteiger partial charge in [-0.1, -0.05) is 0 Å². The van der Waals surface area contributed by atoms with Gasteiger partial charge in [0.1, 0.15) is 6.73 Å². The third-order valence-corrected chi connectivity index (χ3v) is 1.88. The number of hydrogen-bond donors (Lipinski definition) is 0. The quantitative estimate of drug-likeness (QED) is 0.818. The molecule has 0 N–H and O–H groups in total. The molecule has 0 saturated heterocycles. The van der Waals surface area contributed by atoms with Gasteiger partial charge in [-0.15, -0.1) is 0 Å². The van der Waals surface area contributed by atoms with Crippen LogP contribution in [0.3, 0.4) is 0 Å². The van der Waals surface area contributed by atoms with Gasteiger partial charge in [0.15, 0.2) is 5.82 Å². The van der Waals surface area contributed by atoms with E-state index >= 15 is 0 Å². The molecule has 1 heterocycles. The Labute approximate surface area is 83.3 Å². The third-order valence-electron chi connectivity index (χ3n) is 1.44. The molecule has 0 amide bonds. The van der Waals surface area contributed by atoms with Gasteiger partial charge in [0.25, 0.3) is 5.56 Å². The summed E-state index contributed by atoms with van der Waals surface area (Å²) in [6.07, 6.45) is 1.49. The summed E-state index contributed by atoms with van der Waals surface area (Å²) < 4.78 is 19.5. The van der Waals surface area contributed by atoms with Crippen LogP contribution in [0.15, 0.2) is 21.5 Å². The maximum absolute atomic E-state index is 12.8. The van der Waals surface area contributed by atoms with E-state index in [9.17, 15) is 9.18 Å². The van der Waals surface area contributed by atoms with Gasteiger partial charge in [-0.05, 0) is 28.9 Å². The van der Waals surface area contributed by atoms with E-state index in [0.29, 0.717) is 11.1 Å². The molecular formula is C8H9BrFNO2. The zero-order chi connectivity index (χ0) is 9.84. The molecule has 0 aliphatic heterocycles. The van der Waals surface area contributed by atoms with Crippen LogP contribution >= 0.6 is 15.9 Å². The van der Waals surface area contributed by atoms with Crippen LogP contribution in [0.25, 0.3) is 0 Å². The van der Waals surface area contributed by atoms with Crippen molar-refractivity contribution in [1.29, 1.82) is 0 Å². The molecule has 5 heteroatoms. The molecule has 0 saturated carbocycles. The Bertz CT molecular complexity index is 350. The SMILES string of the molecule is CCOCn1cc(Br)cc(F)c1=O. The average molecular weight is 250 g/mol. The predicted octanol–water partition coefficient (Wildman–Crippen LogP) is 1.74. The lowest BCUT2D eigenvalue weighted by Crippen LogP contribution is -2.23. The van der Waals surface area contributed by atoms with Gasteiger partial charge in [0.2, 0.25) is 0 Å². The number of halogens is 2. The smallest absolute Gasteiger partial charge is 0.288 e. The minimum absolute atomic E-state index is 0.0751. The van der Waals surface area contributed by atoms with E-state index in [-0.39, 0.29) is 6.73 Å². The highest BCUT2D eigenvalue weighted by atomic mass is 79.9. The second kappa shape index (κ2) is 4.53. The Balaban J connectivity index is 2.99. The van der Waals surface area contributed by atoms with Gasteiger partial charge in [-0.2, -0.15) is 0 Å². The number of hydrogen-bond acceptors (Lipinski definition) is 2. The lowest BCUT2D eigenvalue weighted by molar-refractivity contribution is 0.0843. The maximum atomic E-state index is 12.8. The summed E-state index contributed by atoms with van der Waals surface area (Å²) in [7, 11) is 0. The summed E-state index contributed by atoms with van der Waals surface area (Å²) in [5.41, 5.74) is -0.670. The van der Waals surface area contributed by atoms with E-state index in [1.165, 1.54) is 10.8 Å². The summed E-state index contributed by atoms with van der Waals surface area (Å²) in [5.74, 6) is -0.783. The van der Waals surface area contributed by atoms with Crippen molar-refractivity contribution < 1.29 is 9.13 Å². The topological polar surface area (TPSA) is 31.2 Å². The van der Waals surface area contributed by atoms with Gasteiger partial charge in [0, 0.05) is 17.3 Å². The standard InChI is InChI=1S/C8H9BrFNO2/c1-2-13-5-11-4-6(9)3-7(10)8(11)12/h3-4H,2,5H2,1H3. The summed E-state index contributed by atoms with van der Waals surface area (Å²) in [5, 5.41) is 0. The van der Waals surface area contributed by atoms with Gasteiger partial charge in [-0.3, -0.25) is 9.36 Å². The highest BCUT2D eigenvalue weighted by Crippen LogP contribution is 2.07. The Morgan fingerprint density at radius 1 is 1.69 bits per heavy atom. The lowest BCUT2D eigenvalue weighted by Gasteiger charge is -2.05. The van der Waals surface area contributed by atoms with Gasteiger partial charge >= 0.3 is 0 Å². The molecule has 1 aromatic rings. The van der Waals surface area contributed by atoms with E-state index in [1.54, 1.807) is 6.92 Å². The van der Waals surface area contributed by atoms with Gasteiger partial charge in [-0.25, -0.2) is 4.39 Å². The molecule has 0 fully saturated rings. The van der Waals surface area contributed by atoms with E-state index in [0.717, 1.165) is 6.07 Å². The summed E-state index contributed by atoms with van der Waals surface area (Å²) in [6.45, 7) is 2.37. The molecule has 0 bridgehead atoms. The van der Waals surface area contributed by atoms with Crippen LogP contribution in [-0.2, 0) is 11.5 Å². The molecule has 1 rings (SSSR count). The largest absolute Gasteiger partial charge is 0.361 e. The van der Waals surface area contributed by atoms with Crippen molar-refractivity contribution in [2.45, 2.75) is 13.7 Å². The van der Waals surface area contributed by atoms with Crippen molar-refractivity contribution in [3.63, 3.8) is 0 Å². The molecule has 0 aliphatic rings. The Kier molecular flexibility index (Phi) is 3.62. The molecule has 1 aromatic heterocycles. The zero-order valence-electron chi connectivity index (χ0n) is 7.09. The van der Waals surface area contributed by atoms with Crippen LogP contribution in [0.1, 0.15) is 6.92 Å². The zero-order valence-corrected chi connectivity index (χ0v) is 8.67. The van der Waals surface area contributed by atoms with Crippen molar-refractivity contribution >= 4 is 15.9 Å². The first-order chi connectivity index (χ1) is 6.15. The van der Waals surface area contributed by atoms with Crippen LogP contribution in [0, 0.1) is 5.82 Å². The average Bonchev–Trinajstić information content (AvgIpc) is 2.09. The lowest BCUT2D eigenvalue weighted by atomic mass is 10.4. The summed E-state index contributed by atoms with van der Waals surface area (Å²) in [4.78, 5) is 11.1. The number of aromatic nitrogens is 1. The van der Waals surface area contributed by atoms with Crippen molar-refractivity contribution in [2.24, 2.45) is 0 Å². The number of nitrogens with zero attached hydrogens (tertiary/aromatic N) is 1. The van der Waals surface area contributed by atoms with E-state index in [4.69, 9.17) is 4.74 Å². The fourth-order valence-electron chi connectivity index (χ4n) is 0.850. The van der Waals surface area contributed by atoms with Gasteiger partial charge in [0.05, 0.1) is 0 Å². The number of pyridine rings is 1. The molecule has 13 heavy (non-hydrogen) atoms. The Hall–Kier alpha value is -0.680. The van der Waals surface area contributed by atoms with Crippen LogP contribution in [-0.4, -0.2) is 11.2 Å². The maximum Gasteiger partial charge on any atom is 0.288 e. The fourth-order valence-corrected chi connectivity index (χ4v) is 1.30. The van der Waals surface area contributed by atoms with Crippen molar-refractivity contribution in [1.82, 2.24) is 4.57 Å². The fraction of sp³-hybridized carbons (Fsp3) is 0.375.